The third kappa shape index (κ3) is 3.01. The minimum absolute atomic E-state index is 0.159. The molecular formula is C13H14F2N2. The lowest BCUT2D eigenvalue weighted by atomic mass is 10.1. The fourth-order valence-electron chi connectivity index (χ4n) is 1.73. The van der Waals surface area contributed by atoms with Gasteiger partial charge in [0.05, 0.1) is 11.5 Å². The van der Waals surface area contributed by atoms with Crippen LogP contribution in [0.2, 0.25) is 0 Å². The van der Waals surface area contributed by atoms with Crippen molar-refractivity contribution in [1.29, 1.82) is 5.26 Å². The van der Waals surface area contributed by atoms with Crippen molar-refractivity contribution in [3.05, 3.63) is 35.4 Å². The molecule has 1 fully saturated rings. The zero-order chi connectivity index (χ0) is 12.3. The minimum Gasteiger partial charge on any atom is -0.315 e. The van der Waals surface area contributed by atoms with Crippen LogP contribution in [0.15, 0.2) is 18.2 Å². The summed E-state index contributed by atoms with van der Waals surface area (Å²) in [7, 11) is 0. The molecule has 0 aliphatic heterocycles. The van der Waals surface area contributed by atoms with E-state index in [1.54, 1.807) is 6.07 Å². The van der Waals surface area contributed by atoms with E-state index in [1.807, 2.05) is 0 Å². The zero-order valence-electron chi connectivity index (χ0n) is 9.47. The summed E-state index contributed by atoms with van der Waals surface area (Å²) in [5, 5.41) is 12.0. The molecule has 2 nitrogen and oxygen atoms in total. The first-order valence-corrected chi connectivity index (χ1v) is 5.71. The van der Waals surface area contributed by atoms with E-state index in [0.29, 0.717) is 19.5 Å². The van der Waals surface area contributed by atoms with Crippen molar-refractivity contribution >= 4 is 0 Å². The molecule has 0 aromatic heterocycles. The summed E-state index contributed by atoms with van der Waals surface area (Å²) in [6.07, 6.45) is 2.56. The number of nitrogens with zero attached hydrogens (tertiary/aromatic N) is 1. The van der Waals surface area contributed by atoms with Crippen LogP contribution in [0.25, 0.3) is 0 Å². The normalized spacial score (nSPS) is 16.5. The topological polar surface area (TPSA) is 35.8 Å². The van der Waals surface area contributed by atoms with Crippen molar-refractivity contribution in [3.8, 4) is 6.07 Å². The van der Waals surface area contributed by atoms with Crippen molar-refractivity contribution in [2.75, 3.05) is 13.1 Å². The Morgan fingerprint density at radius 2 is 2.06 bits per heavy atom. The Hall–Kier alpha value is -1.47. The molecule has 2 rings (SSSR count). The Labute approximate surface area is 99.3 Å². The molecule has 0 amide bonds. The number of hydrogen-bond acceptors (Lipinski definition) is 2. The predicted octanol–water partition coefficient (Wildman–Crippen LogP) is 2.40. The monoisotopic (exact) mass is 236 g/mol. The number of halogens is 2. The van der Waals surface area contributed by atoms with Gasteiger partial charge >= 0.3 is 0 Å². The molecule has 0 atom stereocenters. The minimum atomic E-state index is -0.817. The molecule has 4 heteroatoms. The lowest BCUT2D eigenvalue weighted by molar-refractivity contribution is 0.506. The first-order chi connectivity index (χ1) is 8.15. The fraction of sp³-hybridized carbons (Fsp3) is 0.462. The van der Waals surface area contributed by atoms with Crippen molar-refractivity contribution < 1.29 is 8.78 Å². The quantitative estimate of drug-likeness (QED) is 0.797. The van der Waals surface area contributed by atoms with Gasteiger partial charge in [-0.2, -0.15) is 5.26 Å². The van der Waals surface area contributed by atoms with E-state index in [4.69, 9.17) is 5.26 Å². The summed E-state index contributed by atoms with van der Waals surface area (Å²) >= 11 is 0. The van der Waals surface area contributed by atoms with Crippen molar-refractivity contribution in [1.82, 2.24) is 5.32 Å². The summed E-state index contributed by atoms with van der Waals surface area (Å²) in [6, 6.07) is 6.23. The molecule has 0 radical (unpaired) electrons. The van der Waals surface area contributed by atoms with Gasteiger partial charge < -0.3 is 5.32 Å². The molecule has 1 aromatic rings. The fourth-order valence-corrected chi connectivity index (χ4v) is 1.73. The van der Waals surface area contributed by atoms with Gasteiger partial charge in [0.25, 0.3) is 0 Å². The van der Waals surface area contributed by atoms with Gasteiger partial charge in [-0.25, -0.2) is 8.78 Å². The maximum absolute atomic E-state index is 12.9. The summed E-state index contributed by atoms with van der Waals surface area (Å²) in [5.41, 5.74) is 0.604. The van der Waals surface area contributed by atoms with Crippen LogP contribution in [0.4, 0.5) is 8.78 Å². The van der Waals surface area contributed by atoms with Crippen molar-refractivity contribution in [3.63, 3.8) is 0 Å². The van der Waals surface area contributed by atoms with Crippen LogP contribution in [-0.4, -0.2) is 13.1 Å². The second-order valence-corrected chi connectivity index (χ2v) is 4.57. The van der Waals surface area contributed by atoms with Crippen LogP contribution < -0.4 is 5.32 Å². The van der Waals surface area contributed by atoms with Gasteiger partial charge in [0.15, 0.2) is 11.6 Å². The molecule has 0 saturated heterocycles. The Balaban J connectivity index is 1.75. The lowest BCUT2D eigenvalue weighted by Gasteiger charge is -2.08. The number of rotatable bonds is 5. The van der Waals surface area contributed by atoms with Gasteiger partial charge in [-0.3, -0.25) is 0 Å². The number of hydrogen-bond donors (Lipinski definition) is 1. The Bertz CT molecular complexity index is 447. The van der Waals surface area contributed by atoms with Crippen LogP contribution in [-0.2, 0) is 6.42 Å². The van der Waals surface area contributed by atoms with Crippen LogP contribution in [0.3, 0.4) is 0 Å². The summed E-state index contributed by atoms with van der Waals surface area (Å²) in [5.74, 6) is -1.62. The van der Waals surface area contributed by atoms with Gasteiger partial charge in [0.1, 0.15) is 0 Å². The maximum Gasteiger partial charge on any atom is 0.159 e. The Morgan fingerprint density at radius 3 is 2.65 bits per heavy atom. The van der Waals surface area contributed by atoms with Crippen LogP contribution in [0.1, 0.15) is 18.4 Å². The van der Waals surface area contributed by atoms with E-state index in [9.17, 15) is 8.78 Å². The molecule has 90 valence electrons. The Morgan fingerprint density at radius 1 is 1.29 bits per heavy atom. The van der Waals surface area contributed by atoms with Gasteiger partial charge in [0, 0.05) is 6.54 Å². The second kappa shape index (κ2) is 4.80. The third-order valence-corrected chi connectivity index (χ3v) is 3.13. The zero-order valence-corrected chi connectivity index (χ0v) is 9.47. The van der Waals surface area contributed by atoms with Gasteiger partial charge in [0.2, 0.25) is 0 Å². The highest BCUT2D eigenvalue weighted by atomic mass is 19.2. The molecule has 0 unspecified atom stereocenters. The van der Waals surface area contributed by atoms with Crippen molar-refractivity contribution in [2.45, 2.75) is 19.3 Å². The largest absolute Gasteiger partial charge is 0.315 e. The third-order valence-electron chi connectivity index (χ3n) is 3.13. The second-order valence-electron chi connectivity index (χ2n) is 4.57. The molecule has 1 aliphatic carbocycles. The standard InChI is InChI=1S/C13H14F2N2/c14-11-2-1-10(7-12(11)15)3-6-17-9-13(8-16)4-5-13/h1-2,7,17H,3-6,9H2. The predicted molar refractivity (Wildman–Crippen MR) is 60.2 cm³/mol. The Kier molecular flexibility index (Phi) is 3.39. The van der Waals surface area contributed by atoms with E-state index < -0.39 is 11.6 Å². The van der Waals surface area contributed by atoms with Gasteiger partial charge in [-0.1, -0.05) is 6.07 Å². The van der Waals surface area contributed by atoms with E-state index in [1.165, 1.54) is 6.07 Å². The smallest absolute Gasteiger partial charge is 0.159 e. The molecule has 0 spiro atoms. The van der Waals surface area contributed by atoms with Gasteiger partial charge in [-0.05, 0) is 43.5 Å². The number of nitrogens with one attached hydrogen (secondary N) is 1. The van der Waals surface area contributed by atoms with Gasteiger partial charge in [-0.15, -0.1) is 0 Å². The number of benzene rings is 1. The molecule has 0 bridgehead atoms. The number of nitriles is 1. The molecule has 1 aromatic carbocycles. The molecule has 17 heavy (non-hydrogen) atoms. The molecule has 0 heterocycles. The molecule has 1 N–H and O–H groups in total. The van der Waals surface area contributed by atoms with E-state index in [2.05, 4.69) is 11.4 Å². The van der Waals surface area contributed by atoms with E-state index in [-0.39, 0.29) is 5.41 Å². The SMILES string of the molecule is N#CC1(CNCCc2ccc(F)c(F)c2)CC1. The summed E-state index contributed by atoms with van der Waals surface area (Å²) in [6.45, 7) is 1.36. The van der Waals surface area contributed by atoms with Crippen LogP contribution in [0, 0.1) is 28.4 Å². The average Bonchev–Trinajstić information content (AvgIpc) is 3.10. The first kappa shape index (κ1) is 12.0. The average molecular weight is 236 g/mol. The lowest BCUT2D eigenvalue weighted by Crippen LogP contribution is -2.25. The molecular weight excluding hydrogens is 222 g/mol. The molecule has 1 saturated carbocycles. The maximum atomic E-state index is 12.9. The van der Waals surface area contributed by atoms with Crippen LogP contribution >= 0.6 is 0 Å². The summed E-state index contributed by atoms with van der Waals surface area (Å²) < 4.78 is 25.6. The van der Waals surface area contributed by atoms with Crippen LogP contribution in [0.5, 0.6) is 0 Å². The van der Waals surface area contributed by atoms with Crippen molar-refractivity contribution in [2.24, 2.45) is 5.41 Å². The first-order valence-electron chi connectivity index (χ1n) is 5.71. The highest BCUT2D eigenvalue weighted by Crippen LogP contribution is 2.43. The molecule has 1 aliphatic rings. The van der Waals surface area contributed by atoms with E-state index in [0.717, 1.165) is 24.5 Å². The highest BCUT2D eigenvalue weighted by molar-refractivity contribution is 5.18. The highest BCUT2D eigenvalue weighted by Gasteiger charge is 2.42. The van der Waals surface area contributed by atoms with E-state index >= 15 is 0 Å². The summed E-state index contributed by atoms with van der Waals surface area (Å²) in [4.78, 5) is 0.